The third-order valence-corrected chi connectivity index (χ3v) is 8.51. The first kappa shape index (κ1) is 19.9. The molecule has 3 aromatic carbocycles. The fraction of sp³-hybridized carbons (Fsp3) is 0.0833. The summed E-state index contributed by atoms with van der Waals surface area (Å²) >= 11 is 0. The maximum absolute atomic E-state index is 9.71. The number of aliphatic hydroxyl groups excluding tert-OH is 2. The highest BCUT2D eigenvalue weighted by atomic mass is 28.3. The highest BCUT2D eigenvalue weighted by Gasteiger charge is 2.09. The molecular weight excluding hydrogens is 376 g/mol. The van der Waals surface area contributed by atoms with Gasteiger partial charge in [0.1, 0.15) is 0 Å². The largest absolute Gasteiger partial charge is 0.398 e. The Balaban J connectivity index is 1.79. The topological polar surface area (TPSA) is 40.5 Å². The Bertz CT molecular complexity index is 931. The van der Waals surface area contributed by atoms with Gasteiger partial charge in [0.15, 0.2) is 17.6 Å². The molecule has 0 aliphatic carbocycles. The first-order valence-electron chi connectivity index (χ1n) is 9.25. The maximum Gasteiger partial charge on any atom is 0.179 e. The van der Waals surface area contributed by atoms with E-state index in [4.69, 9.17) is 0 Å². The highest BCUT2D eigenvalue weighted by molar-refractivity contribution is 6.80. The molecule has 0 radical (unpaired) electrons. The van der Waals surface area contributed by atoms with Crippen LogP contribution in [0, 0.1) is 22.9 Å². The SMILES string of the molecule is OC[SiH](C#Cc1cccc(C#C[SiH](CO)c2ccccc2)c1)c1ccccc1. The van der Waals surface area contributed by atoms with Gasteiger partial charge in [0.2, 0.25) is 0 Å². The van der Waals surface area contributed by atoms with E-state index in [1.165, 1.54) is 0 Å². The molecule has 0 spiro atoms. The summed E-state index contributed by atoms with van der Waals surface area (Å²) in [5.41, 5.74) is 8.38. The molecule has 0 bridgehead atoms. The second-order valence-corrected chi connectivity index (χ2v) is 11.3. The van der Waals surface area contributed by atoms with Crippen LogP contribution in [0.3, 0.4) is 0 Å². The van der Waals surface area contributed by atoms with Crippen molar-refractivity contribution in [1.82, 2.24) is 0 Å². The van der Waals surface area contributed by atoms with Gasteiger partial charge in [0, 0.05) is 23.6 Å². The van der Waals surface area contributed by atoms with E-state index < -0.39 is 17.6 Å². The minimum absolute atomic E-state index is 0.122. The van der Waals surface area contributed by atoms with E-state index in [1.54, 1.807) is 0 Å². The minimum Gasteiger partial charge on any atom is -0.398 e. The molecule has 138 valence electrons. The third kappa shape index (κ3) is 5.56. The van der Waals surface area contributed by atoms with Crippen LogP contribution in [0.2, 0.25) is 0 Å². The fourth-order valence-corrected chi connectivity index (χ4v) is 5.85. The second kappa shape index (κ2) is 10.5. The van der Waals surface area contributed by atoms with E-state index in [-0.39, 0.29) is 12.5 Å². The first-order valence-corrected chi connectivity index (χ1v) is 13.2. The van der Waals surface area contributed by atoms with E-state index in [0.29, 0.717) is 0 Å². The lowest BCUT2D eigenvalue weighted by Gasteiger charge is -2.05. The number of rotatable bonds is 4. The Kier molecular flexibility index (Phi) is 7.43. The van der Waals surface area contributed by atoms with Crippen molar-refractivity contribution in [3.8, 4) is 22.9 Å². The zero-order valence-electron chi connectivity index (χ0n) is 15.5. The Morgan fingerprint density at radius 1 is 0.571 bits per heavy atom. The van der Waals surface area contributed by atoms with Crippen LogP contribution >= 0.6 is 0 Å². The van der Waals surface area contributed by atoms with Crippen LogP contribution in [0.15, 0.2) is 84.9 Å². The quantitative estimate of drug-likeness (QED) is 0.504. The molecule has 0 fully saturated rings. The van der Waals surface area contributed by atoms with Crippen molar-refractivity contribution in [2.24, 2.45) is 0 Å². The molecule has 3 rings (SSSR count). The van der Waals surface area contributed by atoms with Crippen LogP contribution in [0.4, 0.5) is 0 Å². The van der Waals surface area contributed by atoms with Crippen LogP contribution in [0.5, 0.6) is 0 Å². The molecule has 2 N–H and O–H groups in total. The zero-order valence-corrected chi connectivity index (χ0v) is 17.9. The van der Waals surface area contributed by atoms with Crippen LogP contribution in [0.1, 0.15) is 11.1 Å². The molecule has 3 aromatic rings. The van der Waals surface area contributed by atoms with Gasteiger partial charge in [-0.25, -0.2) is 0 Å². The summed E-state index contributed by atoms with van der Waals surface area (Å²) in [4.78, 5) is 0. The van der Waals surface area contributed by atoms with Gasteiger partial charge in [0.05, 0.1) is 0 Å². The van der Waals surface area contributed by atoms with E-state index >= 15 is 0 Å². The molecule has 28 heavy (non-hydrogen) atoms. The summed E-state index contributed by atoms with van der Waals surface area (Å²) in [6.07, 6.45) is 0.245. The zero-order chi connectivity index (χ0) is 19.6. The summed E-state index contributed by atoms with van der Waals surface area (Å²) in [5.74, 6) is 6.43. The molecule has 0 aliphatic heterocycles. The van der Waals surface area contributed by atoms with Gasteiger partial charge in [-0.2, -0.15) is 0 Å². The molecule has 2 atom stereocenters. The van der Waals surface area contributed by atoms with Crippen molar-refractivity contribution >= 4 is 28.0 Å². The van der Waals surface area contributed by atoms with Crippen molar-refractivity contribution < 1.29 is 10.2 Å². The van der Waals surface area contributed by atoms with Gasteiger partial charge >= 0.3 is 0 Å². The smallest absolute Gasteiger partial charge is 0.179 e. The summed E-state index contributed by atoms with van der Waals surface area (Å²) in [7, 11) is -3.41. The third-order valence-electron chi connectivity index (χ3n) is 4.41. The summed E-state index contributed by atoms with van der Waals surface area (Å²) in [6.45, 7) is 0. The molecule has 0 saturated carbocycles. The van der Waals surface area contributed by atoms with Crippen molar-refractivity contribution in [2.75, 3.05) is 12.5 Å². The van der Waals surface area contributed by atoms with E-state index in [2.05, 4.69) is 22.9 Å². The van der Waals surface area contributed by atoms with Gasteiger partial charge < -0.3 is 10.2 Å². The average Bonchev–Trinajstić information content (AvgIpc) is 2.76. The van der Waals surface area contributed by atoms with Gasteiger partial charge in [-0.15, -0.1) is 11.1 Å². The van der Waals surface area contributed by atoms with Gasteiger partial charge in [-0.05, 0) is 28.6 Å². The number of hydrogen-bond donors (Lipinski definition) is 2. The second-order valence-electron chi connectivity index (χ2n) is 6.41. The van der Waals surface area contributed by atoms with Crippen molar-refractivity contribution in [3.05, 3.63) is 96.1 Å². The van der Waals surface area contributed by atoms with E-state index in [0.717, 1.165) is 21.5 Å². The molecule has 2 unspecified atom stereocenters. The van der Waals surface area contributed by atoms with E-state index in [9.17, 15) is 10.2 Å². The van der Waals surface area contributed by atoms with Crippen molar-refractivity contribution in [1.29, 1.82) is 0 Å². The summed E-state index contributed by atoms with van der Waals surface area (Å²) in [6, 6.07) is 27.9. The highest BCUT2D eigenvalue weighted by Crippen LogP contribution is 2.03. The van der Waals surface area contributed by atoms with Crippen LogP contribution in [-0.2, 0) is 0 Å². The van der Waals surface area contributed by atoms with Crippen LogP contribution in [0.25, 0.3) is 0 Å². The predicted octanol–water partition coefficient (Wildman–Crippen LogP) is 0.800. The Morgan fingerprint density at radius 3 is 1.39 bits per heavy atom. The lowest BCUT2D eigenvalue weighted by Crippen LogP contribution is -2.32. The summed E-state index contributed by atoms with van der Waals surface area (Å²) < 4.78 is 0. The van der Waals surface area contributed by atoms with Crippen LogP contribution < -0.4 is 10.4 Å². The molecule has 0 saturated heterocycles. The number of aliphatic hydroxyl groups is 2. The first-order chi connectivity index (χ1) is 13.8. The molecule has 0 aliphatic rings. The average molecular weight is 399 g/mol. The van der Waals surface area contributed by atoms with E-state index in [1.807, 2.05) is 84.9 Å². The monoisotopic (exact) mass is 398 g/mol. The normalized spacial score (nSPS) is 12.1. The number of hydrogen-bond acceptors (Lipinski definition) is 2. The standard InChI is InChI=1S/C24H22O2Si2/c25-19-27(23-10-3-1-4-11-23)16-14-21-8-7-9-22(18-21)15-17-28(20-26)24-12-5-2-6-13-24/h1-13,18,25-28H,19-20H2. The molecule has 0 amide bonds. The minimum atomic E-state index is -1.70. The lowest BCUT2D eigenvalue weighted by atomic mass is 10.1. The molecule has 2 nitrogen and oxygen atoms in total. The Hall–Kier alpha value is -2.87. The van der Waals surface area contributed by atoms with Gasteiger partial charge in [-0.3, -0.25) is 0 Å². The summed E-state index contributed by atoms with van der Waals surface area (Å²) in [5, 5.41) is 21.7. The van der Waals surface area contributed by atoms with Crippen LogP contribution in [-0.4, -0.2) is 40.3 Å². The fourth-order valence-electron chi connectivity index (χ4n) is 2.86. The van der Waals surface area contributed by atoms with Crippen molar-refractivity contribution in [3.63, 3.8) is 0 Å². The number of benzene rings is 3. The molecule has 0 heterocycles. The molecular formula is C24H22O2Si2. The lowest BCUT2D eigenvalue weighted by molar-refractivity contribution is 0.365. The van der Waals surface area contributed by atoms with Gasteiger partial charge in [-0.1, -0.05) is 78.6 Å². The Labute approximate surface area is 169 Å². The predicted molar refractivity (Wildman–Crippen MR) is 121 cm³/mol. The molecule has 0 aromatic heterocycles. The van der Waals surface area contributed by atoms with Crippen molar-refractivity contribution in [2.45, 2.75) is 0 Å². The Morgan fingerprint density at radius 2 is 1.00 bits per heavy atom. The molecule has 4 heteroatoms. The maximum atomic E-state index is 9.71. The van der Waals surface area contributed by atoms with Gasteiger partial charge in [0.25, 0.3) is 0 Å².